The average Bonchev–Trinajstić information content (AvgIpc) is 3.41. The van der Waals surface area contributed by atoms with Crippen molar-refractivity contribution in [2.75, 3.05) is 5.32 Å². The molecule has 0 spiro atoms. The lowest BCUT2D eigenvalue weighted by atomic mass is 10.2. The number of rotatable bonds is 5. The predicted octanol–water partition coefficient (Wildman–Crippen LogP) is 4.40. The van der Waals surface area contributed by atoms with Crippen LogP contribution < -0.4 is 10.6 Å². The first-order chi connectivity index (χ1) is 13.5. The van der Waals surface area contributed by atoms with Crippen LogP contribution in [0.4, 0.5) is 10.1 Å². The molecule has 1 fully saturated rings. The zero-order valence-electron chi connectivity index (χ0n) is 15.2. The second-order valence-corrected chi connectivity index (χ2v) is 7.72. The van der Waals surface area contributed by atoms with Gasteiger partial charge in [-0.05, 0) is 62.2 Å². The maximum Gasteiger partial charge on any atom is 0.267 e. The summed E-state index contributed by atoms with van der Waals surface area (Å²) in [6.45, 7) is 1.76. The fourth-order valence-corrected chi connectivity index (χ4v) is 3.71. The number of nitrogens with zero attached hydrogens (tertiary/aromatic N) is 1. The van der Waals surface area contributed by atoms with Crippen LogP contribution in [0.2, 0.25) is 0 Å². The van der Waals surface area contributed by atoms with Crippen LogP contribution in [0.25, 0.3) is 10.6 Å². The number of anilines is 1. The molecule has 0 bridgehead atoms. The van der Waals surface area contributed by atoms with Gasteiger partial charge in [0.05, 0.1) is 5.69 Å². The molecule has 3 aromatic rings. The molecule has 1 aliphatic carbocycles. The van der Waals surface area contributed by atoms with Gasteiger partial charge in [-0.1, -0.05) is 6.07 Å². The fourth-order valence-electron chi connectivity index (χ4n) is 2.75. The summed E-state index contributed by atoms with van der Waals surface area (Å²) in [5.74, 6) is -0.741. The highest BCUT2D eigenvalue weighted by atomic mass is 32.1. The number of nitrogens with one attached hydrogen (secondary N) is 2. The Morgan fingerprint density at radius 3 is 2.57 bits per heavy atom. The van der Waals surface area contributed by atoms with Crippen molar-refractivity contribution in [3.05, 3.63) is 70.5 Å². The molecule has 5 nitrogen and oxygen atoms in total. The van der Waals surface area contributed by atoms with Crippen LogP contribution in [0.3, 0.4) is 0 Å². The Hall–Kier alpha value is -3.06. The molecular formula is C21H18FN3O2S. The number of carbonyl (C=O) groups excluding carboxylic acids is 2. The molecule has 2 N–H and O–H groups in total. The molecule has 1 heterocycles. The third kappa shape index (κ3) is 4.09. The number of benzene rings is 2. The van der Waals surface area contributed by atoms with E-state index in [0.29, 0.717) is 26.8 Å². The molecule has 4 rings (SSSR count). The van der Waals surface area contributed by atoms with Crippen molar-refractivity contribution in [3.8, 4) is 10.6 Å². The summed E-state index contributed by atoms with van der Waals surface area (Å²) in [5, 5.41) is 6.41. The molecular weight excluding hydrogens is 377 g/mol. The van der Waals surface area contributed by atoms with Crippen LogP contribution >= 0.6 is 11.3 Å². The Kier molecular flexibility index (Phi) is 4.92. The molecule has 142 valence electrons. The number of hydrogen-bond donors (Lipinski definition) is 2. The minimum atomic E-state index is -0.319. The van der Waals surface area contributed by atoms with Gasteiger partial charge in [0, 0.05) is 22.9 Å². The van der Waals surface area contributed by atoms with Gasteiger partial charge in [0.25, 0.3) is 11.8 Å². The fraction of sp³-hybridized carbons (Fsp3) is 0.190. The topological polar surface area (TPSA) is 71.1 Å². The zero-order valence-corrected chi connectivity index (χ0v) is 16.0. The Balaban J connectivity index is 1.50. The molecule has 7 heteroatoms. The number of thiazole rings is 1. The summed E-state index contributed by atoms with van der Waals surface area (Å²) < 4.78 is 13.1. The third-order valence-electron chi connectivity index (χ3n) is 4.39. The normalized spacial score (nSPS) is 13.2. The Morgan fingerprint density at radius 1 is 1.11 bits per heavy atom. The van der Waals surface area contributed by atoms with E-state index in [1.807, 2.05) is 0 Å². The lowest BCUT2D eigenvalue weighted by Gasteiger charge is -2.07. The van der Waals surface area contributed by atoms with Crippen LogP contribution in [-0.4, -0.2) is 22.8 Å². The van der Waals surface area contributed by atoms with E-state index in [9.17, 15) is 14.0 Å². The minimum absolute atomic E-state index is 0.133. The van der Waals surface area contributed by atoms with Crippen LogP contribution in [0.5, 0.6) is 0 Å². The van der Waals surface area contributed by atoms with E-state index in [-0.39, 0.29) is 23.7 Å². The number of aromatic nitrogens is 1. The van der Waals surface area contributed by atoms with Gasteiger partial charge in [-0.15, -0.1) is 11.3 Å². The lowest BCUT2D eigenvalue weighted by Crippen LogP contribution is -2.25. The smallest absolute Gasteiger partial charge is 0.267 e. The highest BCUT2D eigenvalue weighted by Crippen LogP contribution is 2.29. The van der Waals surface area contributed by atoms with Gasteiger partial charge in [0.2, 0.25) is 0 Å². The SMILES string of the molecule is Cc1nc(-c2ccc(F)cc2)sc1C(=O)Nc1cccc(C(=O)NC2CC2)c1. The number of amides is 2. The van der Waals surface area contributed by atoms with E-state index >= 15 is 0 Å². The first-order valence-corrected chi connectivity index (χ1v) is 9.77. The van der Waals surface area contributed by atoms with Crippen molar-refractivity contribution in [1.29, 1.82) is 0 Å². The summed E-state index contributed by atoms with van der Waals surface area (Å²) >= 11 is 1.25. The van der Waals surface area contributed by atoms with Gasteiger partial charge < -0.3 is 10.6 Å². The van der Waals surface area contributed by atoms with E-state index in [1.165, 1.54) is 23.5 Å². The standard InChI is InChI=1S/C21H18FN3O2S/c1-12-18(28-21(23-12)13-5-7-15(22)8-6-13)20(27)25-17-4-2-3-14(11-17)19(26)24-16-9-10-16/h2-8,11,16H,9-10H2,1H3,(H,24,26)(H,25,27). The molecule has 1 aliphatic rings. The van der Waals surface area contributed by atoms with E-state index < -0.39 is 0 Å². The van der Waals surface area contributed by atoms with E-state index in [2.05, 4.69) is 15.6 Å². The van der Waals surface area contributed by atoms with Crippen LogP contribution in [-0.2, 0) is 0 Å². The first kappa shape index (κ1) is 18.3. The molecule has 28 heavy (non-hydrogen) atoms. The number of aryl methyl sites for hydroxylation is 1. The van der Waals surface area contributed by atoms with Gasteiger partial charge in [0.15, 0.2) is 0 Å². The van der Waals surface area contributed by atoms with E-state index in [4.69, 9.17) is 0 Å². The highest BCUT2D eigenvalue weighted by molar-refractivity contribution is 7.17. The van der Waals surface area contributed by atoms with Crippen molar-refractivity contribution in [2.45, 2.75) is 25.8 Å². The van der Waals surface area contributed by atoms with Crippen LogP contribution in [0, 0.1) is 12.7 Å². The maximum atomic E-state index is 13.1. The summed E-state index contributed by atoms with van der Waals surface area (Å²) in [6, 6.07) is 13.1. The van der Waals surface area contributed by atoms with Crippen molar-refractivity contribution in [1.82, 2.24) is 10.3 Å². The molecule has 0 unspecified atom stereocenters. The van der Waals surface area contributed by atoms with E-state index in [0.717, 1.165) is 18.4 Å². The van der Waals surface area contributed by atoms with Gasteiger partial charge in [-0.2, -0.15) is 0 Å². The summed E-state index contributed by atoms with van der Waals surface area (Å²) in [7, 11) is 0. The molecule has 2 amide bonds. The predicted molar refractivity (Wildman–Crippen MR) is 107 cm³/mol. The molecule has 1 aromatic heterocycles. The zero-order chi connectivity index (χ0) is 19.7. The van der Waals surface area contributed by atoms with E-state index in [1.54, 1.807) is 43.3 Å². The molecule has 0 aliphatic heterocycles. The average molecular weight is 395 g/mol. The first-order valence-electron chi connectivity index (χ1n) is 8.95. The molecule has 0 atom stereocenters. The quantitative estimate of drug-likeness (QED) is 0.673. The summed E-state index contributed by atoms with van der Waals surface area (Å²) in [6.07, 6.45) is 2.03. The molecule has 0 saturated heterocycles. The minimum Gasteiger partial charge on any atom is -0.349 e. The Bertz CT molecular complexity index is 1040. The maximum absolute atomic E-state index is 13.1. The van der Waals surface area contributed by atoms with Gasteiger partial charge in [-0.25, -0.2) is 9.37 Å². The van der Waals surface area contributed by atoms with Crippen molar-refractivity contribution in [2.24, 2.45) is 0 Å². The summed E-state index contributed by atoms with van der Waals surface area (Å²) in [5.41, 5.74) is 2.42. The molecule has 2 aromatic carbocycles. The van der Waals surface area contributed by atoms with Crippen LogP contribution in [0.1, 0.15) is 38.6 Å². The largest absolute Gasteiger partial charge is 0.349 e. The number of hydrogen-bond acceptors (Lipinski definition) is 4. The summed E-state index contributed by atoms with van der Waals surface area (Å²) in [4.78, 5) is 29.8. The van der Waals surface area contributed by atoms with Crippen LogP contribution in [0.15, 0.2) is 48.5 Å². The molecule has 0 radical (unpaired) electrons. The third-order valence-corrected chi connectivity index (χ3v) is 5.59. The second kappa shape index (κ2) is 7.52. The van der Waals surface area contributed by atoms with Crippen molar-refractivity contribution in [3.63, 3.8) is 0 Å². The Morgan fingerprint density at radius 2 is 1.86 bits per heavy atom. The lowest BCUT2D eigenvalue weighted by molar-refractivity contribution is 0.0949. The number of carbonyl (C=O) groups is 2. The highest BCUT2D eigenvalue weighted by Gasteiger charge is 2.24. The number of halogens is 1. The molecule has 1 saturated carbocycles. The van der Waals surface area contributed by atoms with Gasteiger partial charge >= 0.3 is 0 Å². The second-order valence-electron chi connectivity index (χ2n) is 6.72. The van der Waals surface area contributed by atoms with Gasteiger partial charge in [-0.3, -0.25) is 9.59 Å². The Labute approximate surface area is 165 Å². The van der Waals surface area contributed by atoms with Gasteiger partial charge in [0.1, 0.15) is 15.7 Å². The van der Waals surface area contributed by atoms with Crippen molar-refractivity contribution >= 4 is 28.8 Å². The monoisotopic (exact) mass is 395 g/mol. The van der Waals surface area contributed by atoms with Crippen molar-refractivity contribution < 1.29 is 14.0 Å².